The first-order valence-electron chi connectivity index (χ1n) is 6.18. The van der Waals surface area contributed by atoms with Crippen LogP contribution in [0.2, 0.25) is 0 Å². The fourth-order valence-electron chi connectivity index (χ4n) is 2.21. The van der Waals surface area contributed by atoms with Crippen molar-refractivity contribution in [2.24, 2.45) is 5.92 Å². The predicted octanol–water partition coefficient (Wildman–Crippen LogP) is 0.870. The second-order valence-electron chi connectivity index (χ2n) is 4.91. The van der Waals surface area contributed by atoms with Crippen LogP contribution in [0.5, 0.6) is 0 Å². The molecule has 1 saturated heterocycles. The molecule has 0 bridgehead atoms. The molecule has 94 valence electrons. The molecule has 0 aliphatic carbocycles. The van der Waals surface area contributed by atoms with Crippen molar-refractivity contribution in [3.05, 3.63) is 18.2 Å². The molecule has 0 radical (unpaired) electrons. The van der Waals surface area contributed by atoms with Crippen molar-refractivity contribution in [3.8, 4) is 0 Å². The van der Waals surface area contributed by atoms with Gasteiger partial charge in [0.25, 0.3) is 5.91 Å². The maximum absolute atomic E-state index is 11.7. The first-order chi connectivity index (χ1) is 8.16. The first kappa shape index (κ1) is 12.1. The molecule has 0 spiro atoms. The summed E-state index contributed by atoms with van der Waals surface area (Å²) in [4.78, 5) is 20.8. The number of H-pyrrole nitrogens is 1. The van der Waals surface area contributed by atoms with Crippen LogP contribution < -0.4 is 5.32 Å². The number of likely N-dealkylation sites (tertiary alicyclic amines) is 1. The van der Waals surface area contributed by atoms with E-state index in [2.05, 4.69) is 34.0 Å². The van der Waals surface area contributed by atoms with Crippen LogP contribution in [-0.4, -0.2) is 46.5 Å². The van der Waals surface area contributed by atoms with E-state index in [1.54, 1.807) is 6.20 Å². The topological polar surface area (TPSA) is 61.0 Å². The van der Waals surface area contributed by atoms with Crippen LogP contribution in [0.4, 0.5) is 0 Å². The second-order valence-corrected chi connectivity index (χ2v) is 4.91. The Hall–Kier alpha value is -1.36. The van der Waals surface area contributed by atoms with Gasteiger partial charge in [-0.2, -0.15) is 0 Å². The summed E-state index contributed by atoms with van der Waals surface area (Å²) in [5.74, 6) is 0.481. The van der Waals surface area contributed by atoms with Crippen LogP contribution in [0, 0.1) is 5.92 Å². The van der Waals surface area contributed by atoms with Gasteiger partial charge in [0.2, 0.25) is 0 Å². The normalized spacial score (nSPS) is 21.0. The van der Waals surface area contributed by atoms with E-state index in [4.69, 9.17) is 0 Å². The number of aromatic nitrogens is 2. The number of rotatable bonds is 4. The van der Waals surface area contributed by atoms with Crippen molar-refractivity contribution < 1.29 is 4.79 Å². The van der Waals surface area contributed by atoms with E-state index < -0.39 is 0 Å². The van der Waals surface area contributed by atoms with Gasteiger partial charge in [-0.25, -0.2) is 4.98 Å². The summed E-state index contributed by atoms with van der Waals surface area (Å²) in [6.07, 6.45) is 4.30. The van der Waals surface area contributed by atoms with Gasteiger partial charge in [-0.3, -0.25) is 4.79 Å². The van der Waals surface area contributed by atoms with Gasteiger partial charge in [-0.05, 0) is 32.7 Å². The van der Waals surface area contributed by atoms with E-state index in [1.165, 1.54) is 12.7 Å². The van der Waals surface area contributed by atoms with Gasteiger partial charge in [0.1, 0.15) is 5.69 Å². The van der Waals surface area contributed by atoms with Gasteiger partial charge < -0.3 is 15.2 Å². The Bertz CT molecular complexity index is 361. The number of hydrogen-bond acceptors (Lipinski definition) is 3. The summed E-state index contributed by atoms with van der Waals surface area (Å²) < 4.78 is 0. The molecule has 1 atom stereocenters. The number of aromatic amines is 1. The highest BCUT2D eigenvalue weighted by atomic mass is 16.1. The first-order valence-corrected chi connectivity index (χ1v) is 6.18. The average molecular weight is 236 g/mol. The van der Waals surface area contributed by atoms with E-state index in [-0.39, 0.29) is 5.91 Å². The molecule has 1 fully saturated rings. The zero-order chi connectivity index (χ0) is 12.3. The highest BCUT2D eigenvalue weighted by molar-refractivity contribution is 5.91. The molecule has 5 heteroatoms. The fraction of sp³-hybridized carbons (Fsp3) is 0.667. The van der Waals surface area contributed by atoms with Crippen LogP contribution in [-0.2, 0) is 0 Å². The van der Waals surface area contributed by atoms with Gasteiger partial charge in [-0.1, -0.05) is 0 Å². The Morgan fingerprint density at radius 2 is 2.53 bits per heavy atom. The van der Waals surface area contributed by atoms with Gasteiger partial charge in [0, 0.05) is 25.3 Å². The molecule has 0 aromatic carbocycles. The molecule has 1 aliphatic rings. The molecule has 1 unspecified atom stereocenters. The van der Waals surface area contributed by atoms with Crippen molar-refractivity contribution in [2.45, 2.75) is 26.3 Å². The average Bonchev–Trinajstić information content (AvgIpc) is 2.97. The zero-order valence-electron chi connectivity index (χ0n) is 10.4. The Morgan fingerprint density at radius 1 is 1.71 bits per heavy atom. The quantitative estimate of drug-likeness (QED) is 0.815. The summed E-state index contributed by atoms with van der Waals surface area (Å²) in [7, 11) is 0. The molecule has 1 aromatic rings. The lowest BCUT2D eigenvalue weighted by molar-refractivity contribution is 0.0942. The molecular weight excluding hydrogens is 216 g/mol. The number of imidazole rings is 1. The van der Waals surface area contributed by atoms with Gasteiger partial charge in [0.05, 0.1) is 6.33 Å². The van der Waals surface area contributed by atoms with Crippen molar-refractivity contribution in [1.82, 2.24) is 20.2 Å². The summed E-state index contributed by atoms with van der Waals surface area (Å²) in [5, 5.41) is 2.94. The van der Waals surface area contributed by atoms with Crippen LogP contribution in [0.1, 0.15) is 30.8 Å². The highest BCUT2D eigenvalue weighted by Gasteiger charge is 2.24. The lowest BCUT2D eigenvalue weighted by Crippen LogP contribution is -2.33. The molecule has 1 amide bonds. The van der Waals surface area contributed by atoms with Crippen LogP contribution in [0.15, 0.2) is 12.5 Å². The SMILES string of the molecule is CC(C)N1CCC(CNC(=O)c2c[nH]cn2)C1. The predicted molar refractivity (Wildman–Crippen MR) is 65.7 cm³/mol. The van der Waals surface area contributed by atoms with E-state index in [0.717, 1.165) is 19.6 Å². The number of nitrogens with one attached hydrogen (secondary N) is 2. The molecule has 2 rings (SSSR count). The summed E-state index contributed by atoms with van der Waals surface area (Å²) in [5.41, 5.74) is 0.462. The Labute approximate surface area is 102 Å². The van der Waals surface area contributed by atoms with Gasteiger partial charge in [0.15, 0.2) is 0 Å². The third-order valence-corrected chi connectivity index (χ3v) is 3.33. The monoisotopic (exact) mass is 236 g/mol. The number of hydrogen-bond donors (Lipinski definition) is 2. The molecule has 2 N–H and O–H groups in total. The number of amides is 1. The van der Waals surface area contributed by atoms with Crippen LogP contribution >= 0.6 is 0 Å². The Balaban J connectivity index is 1.75. The van der Waals surface area contributed by atoms with Crippen molar-refractivity contribution >= 4 is 5.91 Å². The smallest absolute Gasteiger partial charge is 0.271 e. The lowest BCUT2D eigenvalue weighted by Gasteiger charge is -2.20. The molecule has 1 aliphatic heterocycles. The van der Waals surface area contributed by atoms with E-state index in [0.29, 0.717) is 17.7 Å². The molecular formula is C12H20N4O. The van der Waals surface area contributed by atoms with E-state index in [1.807, 2.05) is 0 Å². The minimum absolute atomic E-state index is 0.0887. The number of carbonyl (C=O) groups is 1. The lowest BCUT2D eigenvalue weighted by atomic mass is 10.1. The maximum Gasteiger partial charge on any atom is 0.271 e. The second kappa shape index (κ2) is 5.31. The largest absolute Gasteiger partial charge is 0.350 e. The summed E-state index contributed by atoms with van der Waals surface area (Å²) >= 11 is 0. The Morgan fingerprint density at radius 3 is 3.12 bits per heavy atom. The third kappa shape index (κ3) is 3.06. The molecule has 2 heterocycles. The standard InChI is InChI=1S/C12H20N4O/c1-9(2)16-4-3-10(7-16)5-14-12(17)11-6-13-8-15-11/h6,8-10H,3-5,7H2,1-2H3,(H,13,15)(H,14,17). The van der Waals surface area contributed by atoms with Crippen molar-refractivity contribution in [3.63, 3.8) is 0 Å². The number of nitrogens with zero attached hydrogens (tertiary/aromatic N) is 2. The van der Waals surface area contributed by atoms with Crippen molar-refractivity contribution in [1.29, 1.82) is 0 Å². The highest BCUT2D eigenvalue weighted by Crippen LogP contribution is 2.17. The molecule has 0 saturated carbocycles. The van der Waals surface area contributed by atoms with Crippen LogP contribution in [0.25, 0.3) is 0 Å². The number of carbonyl (C=O) groups excluding carboxylic acids is 1. The molecule has 5 nitrogen and oxygen atoms in total. The molecule has 1 aromatic heterocycles. The molecule has 17 heavy (non-hydrogen) atoms. The van der Waals surface area contributed by atoms with Crippen LogP contribution in [0.3, 0.4) is 0 Å². The van der Waals surface area contributed by atoms with E-state index in [9.17, 15) is 4.79 Å². The van der Waals surface area contributed by atoms with E-state index >= 15 is 0 Å². The van der Waals surface area contributed by atoms with Gasteiger partial charge in [-0.15, -0.1) is 0 Å². The summed E-state index contributed by atoms with van der Waals surface area (Å²) in [6.45, 7) is 7.39. The Kier molecular flexibility index (Phi) is 3.78. The fourth-order valence-corrected chi connectivity index (χ4v) is 2.21. The van der Waals surface area contributed by atoms with Gasteiger partial charge >= 0.3 is 0 Å². The zero-order valence-corrected chi connectivity index (χ0v) is 10.4. The maximum atomic E-state index is 11.7. The minimum Gasteiger partial charge on any atom is -0.350 e. The summed E-state index contributed by atoms with van der Waals surface area (Å²) in [6, 6.07) is 0.599. The minimum atomic E-state index is -0.0887. The van der Waals surface area contributed by atoms with Crippen molar-refractivity contribution in [2.75, 3.05) is 19.6 Å². The third-order valence-electron chi connectivity index (χ3n) is 3.33.